The summed E-state index contributed by atoms with van der Waals surface area (Å²) in [5.41, 5.74) is 0.245. The van der Waals surface area contributed by atoms with Crippen molar-refractivity contribution in [2.75, 3.05) is 44.4 Å². The SMILES string of the molecule is CCCCCCCCCCCCCCCNc1c(NCC[NH+](C)C)c(=O)c1=O. The summed E-state index contributed by atoms with van der Waals surface area (Å²) in [4.78, 5) is 24.7. The van der Waals surface area contributed by atoms with Gasteiger partial charge in [-0.25, -0.2) is 0 Å². The van der Waals surface area contributed by atoms with E-state index in [-0.39, 0.29) is 10.9 Å². The van der Waals surface area contributed by atoms with Gasteiger partial charge in [-0.3, -0.25) is 9.59 Å². The minimum Gasteiger partial charge on any atom is -0.380 e. The summed E-state index contributed by atoms with van der Waals surface area (Å²) < 4.78 is 0. The van der Waals surface area contributed by atoms with Gasteiger partial charge >= 0.3 is 0 Å². The van der Waals surface area contributed by atoms with Gasteiger partial charge in [0.25, 0.3) is 10.9 Å². The van der Waals surface area contributed by atoms with E-state index < -0.39 is 0 Å². The zero-order valence-corrected chi connectivity index (χ0v) is 18.6. The van der Waals surface area contributed by atoms with Crippen molar-refractivity contribution >= 4 is 11.4 Å². The topological polar surface area (TPSA) is 62.6 Å². The van der Waals surface area contributed by atoms with Crippen LogP contribution in [-0.4, -0.2) is 33.7 Å². The molecule has 3 N–H and O–H groups in total. The van der Waals surface area contributed by atoms with Crippen molar-refractivity contribution in [2.24, 2.45) is 0 Å². The zero-order chi connectivity index (χ0) is 20.6. The molecule has 5 heteroatoms. The molecule has 0 aliphatic rings. The molecule has 1 aromatic rings. The first kappa shape index (κ1) is 24.7. The summed E-state index contributed by atoms with van der Waals surface area (Å²) in [5, 5.41) is 6.27. The van der Waals surface area contributed by atoms with E-state index in [1.165, 1.54) is 81.9 Å². The van der Waals surface area contributed by atoms with Gasteiger partial charge in [0.05, 0.1) is 27.2 Å². The lowest BCUT2D eigenvalue weighted by molar-refractivity contribution is -0.856. The van der Waals surface area contributed by atoms with Gasteiger partial charge in [0.1, 0.15) is 11.4 Å². The maximum absolute atomic E-state index is 11.7. The van der Waals surface area contributed by atoms with Crippen LogP contribution in [-0.2, 0) is 0 Å². The fraction of sp³-hybridized carbons (Fsp3) is 0.826. The van der Waals surface area contributed by atoms with E-state index in [1.54, 1.807) is 0 Å². The second kappa shape index (κ2) is 15.5. The maximum atomic E-state index is 11.7. The maximum Gasteiger partial charge on any atom is 0.253 e. The Labute approximate surface area is 172 Å². The van der Waals surface area contributed by atoms with Crippen LogP contribution in [0.2, 0.25) is 0 Å². The van der Waals surface area contributed by atoms with Crippen LogP contribution in [0.5, 0.6) is 0 Å². The highest BCUT2D eigenvalue weighted by atomic mass is 16.2. The van der Waals surface area contributed by atoms with Crippen LogP contribution < -0.4 is 26.4 Å². The smallest absolute Gasteiger partial charge is 0.253 e. The van der Waals surface area contributed by atoms with E-state index in [0.717, 1.165) is 19.5 Å². The lowest BCUT2D eigenvalue weighted by atomic mass is 10.0. The molecule has 1 aromatic carbocycles. The summed E-state index contributed by atoms with van der Waals surface area (Å²) in [6, 6.07) is 0. The molecule has 0 bridgehead atoms. The molecule has 1 rings (SSSR count). The van der Waals surface area contributed by atoms with Crippen LogP contribution in [0, 0.1) is 0 Å². The average Bonchev–Trinajstić information content (AvgIpc) is 2.68. The second-order valence-corrected chi connectivity index (χ2v) is 8.46. The fourth-order valence-corrected chi connectivity index (χ4v) is 3.52. The molecule has 0 saturated carbocycles. The number of rotatable bonds is 19. The highest BCUT2D eigenvalue weighted by molar-refractivity contribution is 5.73. The standard InChI is InChI=1S/C23H43N3O2/c1-4-5-6-7-8-9-10-11-12-13-14-15-16-17-24-20-21(23(28)22(20)27)25-18-19-26(2)3/h24-25H,4-19H2,1-3H3/p+1. The van der Waals surface area contributed by atoms with Gasteiger partial charge in [0, 0.05) is 6.54 Å². The number of unbranched alkanes of at least 4 members (excludes halogenated alkanes) is 12. The van der Waals surface area contributed by atoms with Crippen LogP contribution in [0.25, 0.3) is 0 Å². The number of hydrogen-bond donors (Lipinski definition) is 3. The van der Waals surface area contributed by atoms with Crippen LogP contribution in [0.3, 0.4) is 0 Å². The van der Waals surface area contributed by atoms with Crippen molar-refractivity contribution in [2.45, 2.75) is 90.4 Å². The monoisotopic (exact) mass is 394 g/mol. The van der Waals surface area contributed by atoms with Crippen molar-refractivity contribution in [3.8, 4) is 0 Å². The highest BCUT2D eigenvalue weighted by Crippen LogP contribution is 2.15. The molecule has 0 aromatic heterocycles. The van der Waals surface area contributed by atoms with Crippen LogP contribution in [0.15, 0.2) is 9.59 Å². The molecular formula is C23H44N3O2+. The van der Waals surface area contributed by atoms with Crippen molar-refractivity contribution in [1.82, 2.24) is 0 Å². The van der Waals surface area contributed by atoms with Gasteiger partial charge in [0.2, 0.25) is 0 Å². The van der Waals surface area contributed by atoms with E-state index in [9.17, 15) is 9.59 Å². The van der Waals surface area contributed by atoms with Crippen LogP contribution in [0.1, 0.15) is 90.4 Å². The highest BCUT2D eigenvalue weighted by Gasteiger charge is 2.20. The summed E-state index contributed by atoms with van der Waals surface area (Å²) >= 11 is 0. The normalized spacial score (nSPS) is 11.4. The number of likely N-dealkylation sites (N-methyl/N-ethyl adjacent to an activating group) is 1. The third-order valence-electron chi connectivity index (χ3n) is 5.42. The van der Waals surface area contributed by atoms with Crippen molar-refractivity contribution in [3.63, 3.8) is 0 Å². The predicted molar refractivity (Wildman–Crippen MR) is 122 cm³/mol. The third kappa shape index (κ3) is 10.3. The molecule has 0 aliphatic heterocycles. The van der Waals surface area contributed by atoms with E-state index in [2.05, 4.69) is 31.7 Å². The lowest BCUT2D eigenvalue weighted by Crippen LogP contribution is -3.06. The van der Waals surface area contributed by atoms with Gasteiger partial charge in [-0.15, -0.1) is 0 Å². The van der Waals surface area contributed by atoms with Gasteiger partial charge < -0.3 is 15.5 Å². The average molecular weight is 395 g/mol. The molecular weight excluding hydrogens is 350 g/mol. The van der Waals surface area contributed by atoms with Gasteiger partial charge in [-0.2, -0.15) is 0 Å². The Morgan fingerprint density at radius 1 is 0.607 bits per heavy atom. The molecule has 0 unspecified atom stereocenters. The number of anilines is 2. The lowest BCUT2D eigenvalue weighted by Gasteiger charge is -2.15. The molecule has 0 fully saturated rings. The molecule has 0 spiro atoms. The molecule has 0 atom stereocenters. The van der Waals surface area contributed by atoms with Crippen molar-refractivity contribution in [3.05, 3.63) is 20.4 Å². The van der Waals surface area contributed by atoms with Crippen LogP contribution >= 0.6 is 0 Å². The van der Waals surface area contributed by atoms with E-state index in [0.29, 0.717) is 17.9 Å². The number of hydrogen-bond acceptors (Lipinski definition) is 4. The Balaban J connectivity index is 1.97. The Bertz CT molecular complexity index is 577. The molecule has 0 radical (unpaired) electrons. The summed E-state index contributed by atoms with van der Waals surface area (Å²) in [6.07, 6.45) is 17.3. The van der Waals surface area contributed by atoms with Crippen molar-refractivity contribution < 1.29 is 4.90 Å². The third-order valence-corrected chi connectivity index (χ3v) is 5.42. The fourth-order valence-electron chi connectivity index (χ4n) is 3.52. The summed E-state index contributed by atoms with van der Waals surface area (Å²) in [5.74, 6) is 0. The minimum atomic E-state index is -0.374. The summed E-state index contributed by atoms with van der Waals surface area (Å²) in [6.45, 7) is 4.66. The van der Waals surface area contributed by atoms with Crippen molar-refractivity contribution in [1.29, 1.82) is 0 Å². The van der Waals surface area contributed by atoms with E-state index in [4.69, 9.17) is 0 Å². The first-order valence-electron chi connectivity index (χ1n) is 11.7. The number of quaternary nitrogens is 1. The predicted octanol–water partition coefficient (Wildman–Crippen LogP) is 3.34. The zero-order valence-electron chi connectivity index (χ0n) is 18.6. The van der Waals surface area contributed by atoms with Gasteiger partial charge in [-0.05, 0) is 6.42 Å². The number of nitrogens with one attached hydrogen (secondary N) is 3. The molecule has 0 heterocycles. The largest absolute Gasteiger partial charge is 0.380 e. The Hall–Kier alpha value is -1.36. The first-order valence-corrected chi connectivity index (χ1v) is 11.7. The van der Waals surface area contributed by atoms with E-state index >= 15 is 0 Å². The molecule has 0 amide bonds. The molecule has 5 nitrogen and oxygen atoms in total. The quantitative estimate of drug-likeness (QED) is 0.249. The van der Waals surface area contributed by atoms with Gasteiger partial charge in [-0.1, -0.05) is 84.0 Å². The molecule has 162 valence electrons. The second-order valence-electron chi connectivity index (χ2n) is 8.46. The Kier molecular flexibility index (Phi) is 13.7. The van der Waals surface area contributed by atoms with Gasteiger partial charge in [0.15, 0.2) is 0 Å². The molecule has 28 heavy (non-hydrogen) atoms. The van der Waals surface area contributed by atoms with E-state index in [1.807, 2.05) is 0 Å². The molecule has 0 saturated heterocycles. The minimum absolute atomic E-state index is 0.366. The summed E-state index contributed by atoms with van der Waals surface area (Å²) in [7, 11) is 4.13. The Morgan fingerprint density at radius 2 is 1.00 bits per heavy atom. The van der Waals surface area contributed by atoms with Crippen LogP contribution in [0.4, 0.5) is 11.4 Å². The molecule has 0 aliphatic carbocycles. The first-order chi connectivity index (χ1) is 13.6. The Morgan fingerprint density at radius 3 is 1.43 bits per heavy atom.